The van der Waals surface area contributed by atoms with Crippen LogP contribution >= 0.6 is 0 Å². The van der Waals surface area contributed by atoms with E-state index >= 15 is 0 Å². The lowest BCUT2D eigenvalue weighted by Crippen LogP contribution is -2.39. The molecule has 1 aromatic heterocycles. The Balaban J connectivity index is 1.49. The summed E-state index contributed by atoms with van der Waals surface area (Å²) in [6.07, 6.45) is 4.28. The second kappa shape index (κ2) is 16.8. The van der Waals surface area contributed by atoms with Gasteiger partial charge in [-0.2, -0.15) is 0 Å². The number of esters is 1. The molecule has 0 radical (unpaired) electrons. The molecule has 0 aliphatic carbocycles. The predicted octanol–water partition coefficient (Wildman–Crippen LogP) is 3.71. The van der Waals surface area contributed by atoms with Crippen molar-refractivity contribution in [1.29, 1.82) is 0 Å². The van der Waals surface area contributed by atoms with Gasteiger partial charge in [0.25, 0.3) is 5.91 Å². The Morgan fingerprint density at radius 1 is 1.02 bits per heavy atom. The van der Waals surface area contributed by atoms with Crippen molar-refractivity contribution in [3.05, 3.63) is 77.2 Å². The number of allylic oxidation sites excluding steroid dienone is 1. The zero-order valence-electron chi connectivity index (χ0n) is 25.5. The maximum absolute atomic E-state index is 13.4. The maximum atomic E-state index is 13.4. The number of aromatic amines is 1. The van der Waals surface area contributed by atoms with Crippen LogP contribution in [0.25, 0.3) is 10.9 Å². The van der Waals surface area contributed by atoms with Gasteiger partial charge in [-0.15, -0.1) is 0 Å². The number of nitrogens with one attached hydrogen (secondary N) is 2. The fourth-order valence-corrected chi connectivity index (χ4v) is 5.27. The van der Waals surface area contributed by atoms with Gasteiger partial charge in [-0.3, -0.25) is 4.79 Å². The van der Waals surface area contributed by atoms with Gasteiger partial charge in [0.15, 0.2) is 5.76 Å². The number of rotatable bonds is 17. The molecule has 11 nitrogen and oxygen atoms in total. The van der Waals surface area contributed by atoms with Gasteiger partial charge in [0.1, 0.15) is 5.75 Å². The first-order valence-electron chi connectivity index (χ1n) is 14.9. The van der Waals surface area contributed by atoms with Crippen LogP contribution in [0.2, 0.25) is 0 Å². The highest BCUT2D eigenvalue weighted by Crippen LogP contribution is 2.39. The number of aliphatic hydroxyl groups excluding tert-OH is 1. The Morgan fingerprint density at radius 3 is 2.50 bits per heavy atom. The van der Waals surface area contributed by atoms with Crippen LogP contribution in [0.15, 0.2) is 60.5 Å². The quantitative estimate of drug-likeness (QED) is 0.154. The molecule has 2 heterocycles. The molecule has 0 saturated heterocycles. The van der Waals surface area contributed by atoms with Gasteiger partial charge in [0.2, 0.25) is 6.29 Å². The highest BCUT2D eigenvalue weighted by molar-refractivity contribution is 5.92. The summed E-state index contributed by atoms with van der Waals surface area (Å²) in [6, 6.07) is 13.0. The Labute approximate surface area is 257 Å². The lowest BCUT2D eigenvalue weighted by molar-refractivity contribution is -0.168. The molecule has 4 rings (SSSR count). The maximum Gasteiger partial charge on any atom is 0.337 e. The Kier molecular flexibility index (Phi) is 12.6. The molecule has 0 bridgehead atoms. The van der Waals surface area contributed by atoms with Crippen molar-refractivity contribution in [3.63, 3.8) is 0 Å². The zero-order valence-corrected chi connectivity index (χ0v) is 25.5. The predicted molar refractivity (Wildman–Crippen MR) is 163 cm³/mol. The number of ether oxygens (including phenoxy) is 6. The number of fused-ring (bicyclic) bond motifs is 1. The van der Waals surface area contributed by atoms with E-state index in [9.17, 15) is 9.59 Å². The van der Waals surface area contributed by atoms with Crippen molar-refractivity contribution in [2.75, 3.05) is 60.4 Å². The van der Waals surface area contributed by atoms with E-state index in [0.29, 0.717) is 51.4 Å². The number of aliphatic hydroxyl groups is 1. The smallest absolute Gasteiger partial charge is 0.337 e. The molecule has 3 aromatic rings. The number of aromatic nitrogens is 1. The van der Waals surface area contributed by atoms with Crippen LogP contribution in [0.4, 0.5) is 0 Å². The SMILES string of the molecule is CCO[C@@H]1OC(C(=O)NCCc2c[nH]c3ccc(OC)cc23)=C[C@H](c2ccc(C(=O)OC)cc2)[C@H]1CCOCCOCCO. The molecule has 0 saturated carbocycles. The number of carbonyl (C=O) groups is 2. The van der Waals surface area contributed by atoms with E-state index in [1.165, 1.54) is 7.11 Å². The molecule has 1 aliphatic rings. The second-order valence-corrected chi connectivity index (χ2v) is 10.2. The van der Waals surface area contributed by atoms with Crippen LogP contribution in [0.3, 0.4) is 0 Å². The van der Waals surface area contributed by atoms with Crippen molar-refractivity contribution in [1.82, 2.24) is 10.3 Å². The van der Waals surface area contributed by atoms with Crippen LogP contribution in [-0.4, -0.2) is 88.7 Å². The van der Waals surface area contributed by atoms with Gasteiger partial charge in [-0.05, 0) is 67.3 Å². The van der Waals surface area contributed by atoms with E-state index in [-0.39, 0.29) is 36.7 Å². The van der Waals surface area contributed by atoms with E-state index in [4.69, 9.17) is 33.5 Å². The normalized spacial score (nSPS) is 18.0. The molecule has 0 spiro atoms. The average Bonchev–Trinajstić information content (AvgIpc) is 3.46. The average molecular weight is 611 g/mol. The number of benzene rings is 2. The minimum absolute atomic E-state index is 0.0353. The van der Waals surface area contributed by atoms with E-state index in [2.05, 4.69) is 10.3 Å². The molecule has 1 aliphatic heterocycles. The molecule has 2 aromatic carbocycles. The highest BCUT2D eigenvalue weighted by Gasteiger charge is 2.38. The van der Waals surface area contributed by atoms with Crippen LogP contribution in [0, 0.1) is 5.92 Å². The molecule has 11 heteroatoms. The fourth-order valence-electron chi connectivity index (χ4n) is 5.27. The second-order valence-electron chi connectivity index (χ2n) is 10.2. The van der Waals surface area contributed by atoms with Gasteiger partial charge in [-0.1, -0.05) is 12.1 Å². The van der Waals surface area contributed by atoms with Crippen LogP contribution < -0.4 is 10.1 Å². The van der Waals surface area contributed by atoms with Crippen LogP contribution in [0.5, 0.6) is 5.75 Å². The van der Waals surface area contributed by atoms with E-state index < -0.39 is 12.3 Å². The summed E-state index contributed by atoms with van der Waals surface area (Å²) in [5.74, 6) is -0.225. The summed E-state index contributed by atoms with van der Waals surface area (Å²) in [7, 11) is 2.98. The van der Waals surface area contributed by atoms with Crippen molar-refractivity contribution in [3.8, 4) is 5.75 Å². The Bertz CT molecular complexity index is 1390. The number of H-pyrrole nitrogens is 1. The number of amides is 1. The minimum Gasteiger partial charge on any atom is -0.497 e. The van der Waals surface area contributed by atoms with Gasteiger partial charge in [-0.25, -0.2) is 4.79 Å². The monoisotopic (exact) mass is 610 g/mol. The molecule has 3 N–H and O–H groups in total. The highest BCUT2D eigenvalue weighted by atomic mass is 16.7. The molecule has 1 amide bonds. The number of hydrogen-bond donors (Lipinski definition) is 3. The third-order valence-corrected chi connectivity index (χ3v) is 7.51. The summed E-state index contributed by atoms with van der Waals surface area (Å²) in [6.45, 7) is 4.09. The van der Waals surface area contributed by atoms with Crippen molar-refractivity contribution in [2.45, 2.75) is 32.0 Å². The topological polar surface area (TPSA) is 138 Å². The molecule has 0 fully saturated rings. The number of methoxy groups -OCH3 is 2. The first kappa shape index (κ1) is 33.0. The van der Waals surface area contributed by atoms with E-state index in [1.807, 2.05) is 49.5 Å². The standard InChI is InChI=1S/C33H42N2O9/c1-4-43-33-26(12-15-41-17-18-42-16-14-36)27(22-5-7-23(8-6-22)32(38)40-3)20-30(44-33)31(37)34-13-11-24-21-35-29-10-9-25(39-2)19-28(24)29/h5-10,19-21,26-27,33,35-36H,4,11-18H2,1-3H3,(H,34,37)/t26-,27-,33-/m1/s1. The van der Waals surface area contributed by atoms with Gasteiger partial charge >= 0.3 is 5.97 Å². The molecular weight excluding hydrogens is 568 g/mol. The third-order valence-electron chi connectivity index (χ3n) is 7.51. The summed E-state index contributed by atoms with van der Waals surface area (Å²) >= 11 is 0. The molecule has 238 valence electrons. The van der Waals surface area contributed by atoms with Crippen LogP contribution in [-0.2, 0) is 34.9 Å². The molecule has 0 unspecified atom stereocenters. The molecule has 44 heavy (non-hydrogen) atoms. The summed E-state index contributed by atoms with van der Waals surface area (Å²) in [5, 5.41) is 12.9. The van der Waals surface area contributed by atoms with E-state index in [0.717, 1.165) is 27.8 Å². The lowest BCUT2D eigenvalue weighted by Gasteiger charge is -2.37. The summed E-state index contributed by atoms with van der Waals surface area (Å²) < 4.78 is 33.4. The van der Waals surface area contributed by atoms with Crippen molar-refractivity contribution >= 4 is 22.8 Å². The summed E-state index contributed by atoms with van der Waals surface area (Å²) in [5.41, 5.74) is 3.40. The number of carbonyl (C=O) groups excluding carboxylic acids is 2. The van der Waals surface area contributed by atoms with Gasteiger partial charge in [0, 0.05) is 48.7 Å². The summed E-state index contributed by atoms with van der Waals surface area (Å²) in [4.78, 5) is 28.7. The van der Waals surface area contributed by atoms with Crippen LogP contribution in [0.1, 0.15) is 40.7 Å². The lowest BCUT2D eigenvalue weighted by atomic mass is 9.81. The Morgan fingerprint density at radius 2 is 1.80 bits per heavy atom. The first-order chi connectivity index (χ1) is 21.5. The fraction of sp³-hybridized carbons (Fsp3) is 0.455. The zero-order chi connectivity index (χ0) is 31.3. The van der Waals surface area contributed by atoms with Crippen molar-refractivity contribution in [2.24, 2.45) is 5.92 Å². The third kappa shape index (κ3) is 8.60. The minimum atomic E-state index is -0.689. The van der Waals surface area contributed by atoms with E-state index in [1.54, 1.807) is 19.2 Å². The first-order valence-corrected chi connectivity index (χ1v) is 14.9. The number of hydrogen-bond acceptors (Lipinski definition) is 9. The largest absolute Gasteiger partial charge is 0.497 e. The molecule has 3 atom stereocenters. The molecular formula is C33H42N2O9. The van der Waals surface area contributed by atoms with Gasteiger partial charge < -0.3 is 43.8 Å². The van der Waals surface area contributed by atoms with Gasteiger partial charge in [0.05, 0.1) is 46.2 Å². The Hall–Kier alpha value is -3.90. The van der Waals surface area contributed by atoms with Crippen molar-refractivity contribution < 1.29 is 43.1 Å².